The number of anilines is 1. The van der Waals surface area contributed by atoms with Crippen molar-refractivity contribution in [2.24, 2.45) is 0 Å². The number of hydrogen-bond acceptors (Lipinski definition) is 6. The number of nitrogens with zero attached hydrogens (tertiary/aromatic N) is 2. The molecule has 7 nitrogen and oxygen atoms in total. The lowest BCUT2D eigenvalue weighted by atomic mass is 10.1. The van der Waals surface area contributed by atoms with Gasteiger partial charge in [0.15, 0.2) is 0 Å². The second-order valence-electron chi connectivity index (χ2n) is 6.59. The van der Waals surface area contributed by atoms with E-state index in [1.165, 1.54) is 5.56 Å². The van der Waals surface area contributed by atoms with Crippen LogP contribution in [0.4, 0.5) is 5.95 Å². The quantitative estimate of drug-likeness (QED) is 0.742. The molecule has 7 heteroatoms. The van der Waals surface area contributed by atoms with Crippen LogP contribution in [0.3, 0.4) is 0 Å². The Labute approximate surface area is 159 Å². The van der Waals surface area contributed by atoms with E-state index in [4.69, 9.17) is 9.47 Å². The highest BCUT2D eigenvalue weighted by atomic mass is 16.5. The van der Waals surface area contributed by atoms with Crippen LogP contribution < -0.4 is 15.4 Å². The first kappa shape index (κ1) is 19.1. The van der Waals surface area contributed by atoms with Crippen molar-refractivity contribution in [1.82, 2.24) is 15.3 Å². The highest BCUT2D eigenvalue weighted by Gasteiger charge is 2.17. The van der Waals surface area contributed by atoms with Gasteiger partial charge in [-0.05, 0) is 49.9 Å². The molecule has 1 aromatic carbocycles. The van der Waals surface area contributed by atoms with Crippen molar-refractivity contribution < 1.29 is 14.3 Å². The van der Waals surface area contributed by atoms with Crippen molar-refractivity contribution in [1.29, 1.82) is 0 Å². The zero-order valence-corrected chi connectivity index (χ0v) is 15.8. The topological polar surface area (TPSA) is 85.4 Å². The average molecular weight is 370 g/mol. The third-order valence-electron chi connectivity index (χ3n) is 4.46. The Balaban J connectivity index is 1.53. The predicted molar refractivity (Wildman–Crippen MR) is 103 cm³/mol. The number of methoxy groups -OCH3 is 1. The molecule has 0 bridgehead atoms. The van der Waals surface area contributed by atoms with Gasteiger partial charge in [-0.25, -0.2) is 9.97 Å². The van der Waals surface area contributed by atoms with Crippen molar-refractivity contribution >= 4 is 11.9 Å². The number of ether oxygens (including phenoxy) is 2. The molecule has 1 unspecified atom stereocenters. The van der Waals surface area contributed by atoms with E-state index in [-0.39, 0.29) is 12.0 Å². The van der Waals surface area contributed by atoms with E-state index < -0.39 is 0 Å². The molecule has 3 rings (SSSR count). The van der Waals surface area contributed by atoms with Crippen molar-refractivity contribution in [3.8, 4) is 5.75 Å². The molecular weight excluding hydrogens is 344 g/mol. The number of amides is 1. The van der Waals surface area contributed by atoms with Gasteiger partial charge in [-0.1, -0.05) is 12.1 Å². The van der Waals surface area contributed by atoms with Crippen LogP contribution in [0.2, 0.25) is 0 Å². The molecule has 1 atom stereocenters. The molecule has 0 spiro atoms. The van der Waals surface area contributed by atoms with Gasteiger partial charge in [0.25, 0.3) is 5.91 Å². The van der Waals surface area contributed by atoms with Gasteiger partial charge in [0, 0.05) is 25.4 Å². The van der Waals surface area contributed by atoms with E-state index in [0.717, 1.165) is 37.3 Å². The number of aromatic nitrogens is 2. The van der Waals surface area contributed by atoms with E-state index in [2.05, 4.69) is 20.6 Å². The Morgan fingerprint density at radius 2 is 2.11 bits per heavy atom. The maximum Gasteiger partial charge on any atom is 0.270 e. The molecule has 2 N–H and O–H groups in total. The van der Waals surface area contributed by atoms with Crippen LogP contribution in [0.25, 0.3) is 0 Å². The molecule has 2 aromatic rings. The first-order chi connectivity index (χ1) is 13.1. The largest absolute Gasteiger partial charge is 0.497 e. The summed E-state index contributed by atoms with van der Waals surface area (Å²) in [5, 5.41) is 6.09. The van der Waals surface area contributed by atoms with Crippen molar-refractivity contribution in [2.75, 3.05) is 32.1 Å². The molecule has 2 heterocycles. The summed E-state index contributed by atoms with van der Waals surface area (Å²) in [4.78, 5) is 21.1. The van der Waals surface area contributed by atoms with Crippen molar-refractivity contribution in [3.05, 3.63) is 47.3 Å². The number of carbonyl (C=O) groups excluding carboxylic acids is 1. The summed E-state index contributed by atoms with van der Waals surface area (Å²) in [6.45, 7) is 3.82. The van der Waals surface area contributed by atoms with Crippen molar-refractivity contribution in [2.45, 2.75) is 32.3 Å². The standard InChI is InChI=1S/C20H26N4O3/c1-14-12-18(19(25)22-13-17-4-3-11-27-17)24-20(23-14)21-10-9-15-5-7-16(26-2)8-6-15/h5-8,12,17H,3-4,9-11,13H2,1-2H3,(H,22,25)(H,21,23,24). The fourth-order valence-corrected chi connectivity index (χ4v) is 2.98. The summed E-state index contributed by atoms with van der Waals surface area (Å²) in [5.74, 6) is 1.10. The summed E-state index contributed by atoms with van der Waals surface area (Å²) < 4.78 is 10.7. The highest BCUT2D eigenvalue weighted by molar-refractivity contribution is 5.92. The van der Waals surface area contributed by atoms with Crippen LogP contribution in [-0.4, -0.2) is 48.8 Å². The number of benzene rings is 1. The monoisotopic (exact) mass is 370 g/mol. The number of rotatable bonds is 8. The molecule has 144 valence electrons. The molecule has 27 heavy (non-hydrogen) atoms. The van der Waals surface area contributed by atoms with E-state index in [0.29, 0.717) is 24.7 Å². The van der Waals surface area contributed by atoms with Gasteiger partial charge in [-0.15, -0.1) is 0 Å². The van der Waals surface area contributed by atoms with Gasteiger partial charge >= 0.3 is 0 Å². The van der Waals surface area contributed by atoms with Gasteiger partial charge in [0.1, 0.15) is 11.4 Å². The molecule has 0 saturated carbocycles. The van der Waals surface area contributed by atoms with Crippen LogP contribution in [0, 0.1) is 6.92 Å². The minimum Gasteiger partial charge on any atom is -0.497 e. The van der Waals surface area contributed by atoms with E-state index in [1.807, 2.05) is 31.2 Å². The lowest BCUT2D eigenvalue weighted by Crippen LogP contribution is -2.32. The third kappa shape index (κ3) is 5.65. The van der Waals surface area contributed by atoms with Gasteiger partial charge in [-0.2, -0.15) is 0 Å². The number of hydrogen-bond donors (Lipinski definition) is 2. The Bertz CT molecular complexity index is 758. The Morgan fingerprint density at radius 1 is 1.30 bits per heavy atom. The van der Waals surface area contributed by atoms with Crippen LogP contribution in [0.15, 0.2) is 30.3 Å². The molecule has 1 saturated heterocycles. The Morgan fingerprint density at radius 3 is 2.81 bits per heavy atom. The minimum absolute atomic E-state index is 0.110. The molecule has 0 aliphatic carbocycles. The molecule has 1 fully saturated rings. The third-order valence-corrected chi connectivity index (χ3v) is 4.46. The summed E-state index contributed by atoms with van der Waals surface area (Å²) in [7, 11) is 1.65. The van der Waals surface area contributed by atoms with Crippen LogP contribution >= 0.6 is 0 Å². The zero-order chi connectivity index (χ0) is 19.1. The fraction of sp³-hybridized carbons (Fsp3) is 0.450. The average Bonchev–Trinajstić information content (AvgIpc) is 3.20. The van der Waals surface area contributed by atoms with Gasteiger partial charge in [-0.3, -0.25) is 4.79 Å². The van der Waals surface area contributed by atoms with Crippen LogP contribution in [0.5, 0.6) is 5.75 Å². The molecule has 1 aliphatic rings. The SMILES string of the molecule is COc1ccc(CCNc2nc(C)cc(C(=O)NCC3CCCO3)n2)cc1. The Kier molecular flexibility index (Phi) is 6.59. The maximum absolute atomic E-state index is 12.4. The minimum atomic E-state index is -0.200. The summed E-state index contributed by atoms with van der Waals surface area (Å²) >= 11 is 0. The molecule has 0 radical (unpaired) electrons. The summed E-state index contributed by atoms with van der Waals surface area (Å²) in [6.07, 6.45) is 2.97. The fourth-order valence-electron chi connectivity index (χ4n) is 2.98. The number of nitrogens with one attached hydrogen (secondary N) is 2. The molecular formula is C20H26N4O3. The molecule has 1 amide bonds. The van der Waals surface area contributed by atoms with Crippen LogP contribution in [-0.2, 0) is 11.2 Å². The second kappa shape index (κ2) is 9.32. The first-order valence-corrected chi connectivity index (χ1v) is 9.26. The van der Waals surface area contributed by atoms with E-state index in [1.54, 1.807) is 13.2 Å². The number of carbonyl (C=O) groups is 1. The lowest BCUT2D eigenvalue weighted by molar-refractivity contribution is 0.0853. The maximum atomic E-state index is 12.4. The summed E-state index contributed by atoms with van der Waals surface area (Å²) in [6, 6.07) is 9.63. The lowest BCUT2D eigenvalue weighted by Gasteiger charge is -2.12. The van der Waals surface area contributed by atoms with E-state index in [9.17, 15) is 4.79 Å². The van der Waals surface area contributed by atoms with Gasteiger partial charge < -0.3 is 20.1 Å². The summed E-state index contributed by atoms with van der Waals surface area (Å²) in [5.41, 5.74) is 2.30. The van der Waals surface area contributed by atoms with Gasteiger partial charge in [0.05, 0.1) is 13.2 Å². The van der Waals surface area contributed by atoms with Gasteiger partial charge in [0.2, 0.25) is 5.95 Å². The Hall–Kier alpha value is -2.67. The predicted octanol–water partition coefficient (Wildman–Crippen LogP) is 2.36. The highest BCUT2D eigenvalue weighted by Crippen LogP contribution is 2.13. The molecule has 1 aliphatic heterocycles. The second-order valence-corrected chi connectivity index (χ2v) is 6.59. The zero-order valence-electron chi connectivity index (χ0n) is 15.8. The van der Waals surface area contributed by atoms with E-state index >= 15 is 0 Å². The molecule has 1 aromatic heterocycles. The van der Waals surface area contributed by atoms with Crippen molar-refractivity contribution in [3.63, 3.8) is 0 Å². The smallest absolute Gasteiger partial charge is 0.270 e. The normalized spacial score (nSPS) is 16.1. The number of aryl methyl sites for hydroxylation is 1. The van der Waals surface area contributed by atoms with Crippen LogP contribution in [0.1, 0.15) is 34.6 Å². The first-order valence-electron chi connectivity index (χ1n) is 9.26.